The van der Waals surface area contributed by atoms with Crippen molar-refractivity contribution < 1.29 is 22.4 Å². The highest BCUT2D eigenvalue weighted by molar-refractivity contribution is 7.99. The van der Waals surface area contributed by atoms with Gasteiger partial charge in [0.1, 0.15) is 11.5 Å². The number of anilines is 1. The lowest BCUT2D eigenvalue weighted by atomic mass is 10.3. The molecule has 3 aromatic carbocycles. The molecule has 0 atom stereocenters. The Kier molecular flexibility index (Phi) is 7.91. The van der Waals surface area contributed by atoms with Crippen molar-refractivity contribution in [1.82, 2.24) is 4.31 Å². The Labute approximate surface area is 208 Å². The first-order valence-corrected chi connectivity index (χ1v) is 13.0. The van der Waals surface area contributed by atoms with Gasteiger partial charge in [-0.2, -0.15) is 4.31 Å². The number of nitrogens with zero attached hydrogens (tertiary/aromatic N) is 1. The molecule has 0 saturated heterocycles. The van der Waals surface area contributed by atoms with Gasteiger partial charge in [0, 0.05) is 9.79 Å². The second-order valence-corrected chi connectivity index (χ2v) is 10.5. The highest BCUT2D eigenvalue weighted by atomic mass is 32.2. The van der Waals surface area contributed by atoms with Crippen molar-refractivity contribution in [1.29, 1.82) is 0 Å². The van der Waals surface area contributed by atoms with Crippen LogP contribution >= 0.6 is 11.8 Å². The average Bonchev–Trinajstić information content (AvgIpc) is 3.39. The van der Waals surface area contributed by atoms with E-state index in [4.69, 9.17) is 9.15 Å². The molecular weight excluding hydrogens is 484 g/mol. The molecule has 7 nitrogen and oxygen atoms in total. The first-order valence-electron chi connectivity index (χ1n) is 10.7. The Bertz CT molecular complexity index is 1360. The van der Waals surface area contributed by atoms with E-state index in [2.05, 4.69) is 5.32 Å². The van der Waals surface area contributed by atoms with Crippen LogP contribution in [0.2, 0.25) is 0 Å². The van der Waals surface area contributed by atoms with E-state index >= 15 is 0 Å². The van der Waals surface area contributed by atoms with Gasteiger partial charge < -0.3 is 14.5 Å². The number of ether oxygens (including phenoxy) is 1. The Morgan fingerprint density at radius 2 is 1.66 bits per heavy atom. The summed E-state index contributed by atoms with van der Waals surface area (Å²) in [5, 5.41) is 2.87. The van der Waals surface area contributed by atoms with Gasteiger partial charge in [0.25, 0.3) is 0 Å². The predicted molar refractivity (Wildman–Crippen MR) is 135 cm³/mol. The summed E-state index contributed by atoms with van der Waals surface area (Å²) < 4.78 is 38.4. The van der Waals surface area contributed by atoms with Crippen LogP contribution < -0.4 is 10.1 Å². The molecular formula is C26H24N2O5S2. The summed E-state index contributed by atoms with van der Waals surface area (Å²) in [6, 6.07) is 26.6. The maximum Gasteiger partial charge on any atom is 0.243 e. The SMILES string of the molecule is COc1ccc(S(=O)(=O)N(CC(=O)Nc2ccccc2Sc2ccccc2)Cc2ccco2)cc1. The minimum atomic E-state index is -4.00. The number of furan rings is 1. The number of hydrogen-bond donors (Lipinski definition) is 1. The summed E-state index contributed by atoms with van der Waals surface area (Å²) in [4.78, 5) is 15.0. The lowest BCUT2D eigenvalue weighted by Crippen LogP contribution is -2.37. The fourth-order valence-corrected chi connectivity index (χ4v) is 5.61. The van der Waals surface area contributed by atoms with Crippen LogP contribution in [0.4, 0.5) is 5.69 Å². The molecule has 0 unspecified atom stereocenters. The van der Waals surface area contributed by atoms with Gasteiger partial charge in [-0.1, -0.05) is 42.1 Å². The van der Waals surface area contributed by atoms with Crippen LogP contribution in [-0.2, 0) is 21.4 Å². The summed E-state index contributed by atoms with van der Waals surface area (Å²) >= 11 is 1.51. The van der Waals surface area contributed by atoms with Crippen LogP contribution in [0.1, 0.15) is 5.76 Å². The number of amides is 1. The van der Waals surface area contributed by atoms with Gasteiger partial charge in [0.05, 0.1) is 37.0 Å². The summed E-state index contributed by atoms with van der Waals surface area (Å²) in [7, 11) is -2.49. The topological polar surface area (TPSA) is 88.9 Å². The van der Waals surface area contributed by atoms with Gasteiger partial charge in [-0.25, -0.2) is 8.42 Å². The number of carbonyl (C=O) groups is 1. The number of hydrogen-bond acceptors (Lipinski definition) is 6. The molecule has 0 fully saturated rings. The van der Waals surface area contributed by atoms with Crippen molar-refractivity contribution >= 4 is 33.4 Å². The molecule has 1 N–H and O–H groups in total. The summed E-state index contributed by atoms with van der Waals surface area (Å²) in [5.74, 6) is 0.497. The van der Waals surface area contributed by atoms with E-state index in [1.807, 2.05) is 48.5 Å². The number of methoxy groups -OCH3 is 1. The minimum absolute atomic E-state index is 0.0534. The molecule has 35 heavy (non-hydrogen) atoms. The molecule has 0 aliphatic rings. The molecule has 0 aliphatic carbocycles. The lowest BCUT2D eigenvalue weighted by molar-refractivity contribution is -0.116. The van der Waals surface area contributed by atoms with E-state index in [9.17, 15) is 13.2 Å². The molecule has 1 aromatic heterocycles. The van der Waals surface area contributed by atoms with E-state index in [1.165, 1.54) is 37.3 Å². The normalized spacial score (nSPS) is 11.4. The minimum Gasteiger partial charge on any atom is -0.497 e. The number of carbonyl (C=O) groups excluding carboxylic acids is 1. The first-order chi connectivity index (χ1) is 17.0. The van der Waals surface area contributed by atoms with E-state index in [0.717, 1.165) is 14.1 Å². The zero-order valence-electron chi connectivity index (χ0n) is 19.0. The average molecular weight is 509 g/mol. The summed E-state index contributed by atoms with van der Waals surface area (Å²) in [6.07, 6.45) is 1.46. The van der Waals surface area contributed by atoms with E-state index in [1.54, 1.807) is 30.3 Å². The number of nitrogens with one attached hydrogen (secondary N) is 1. The second kappa shape index (κ2) is 11.3. The Morgan fingerprint density at radius 1 is 0.943 bits per heavy atom. The zero-order chi connectivity index (χ0) is 24.7. The van der Waals surface area contributed by atoms with Crippen LogP contribution in [0.25, 0.3) is 0 Å². The Balaban J connectivity index is 1.55. The number of sulfonamides is 1. The van der Waals surface area contributed by atoms with Crippen molar-refractivity contribution in [2.45, 2.75) is 21.2 Å². The molecule has 4 aromatic rings. The van der Waals surface area contributed by atoms with Crippen LogP contribution in [0, 0.1) is 0 Å². The molecule has 0 spiro atoms. The molecule has 0 bridgehead atoms. The second-order valence-electron chi connectivity index (χ2n) is 7.49. The fraction of sp³-hybridized carbons (Fsp3) is 0.115. The molecule has 1 heterocycles. The van der Waals surface area contributed by atoms with Crippen molar-refractivity contribution in [2.75, 3.05) is 19.0 Å². The Hall–Kier alpha value is -3.53. The third-order valence-corrected chi connectivity index (χ3v) is 7.95. The summed E-state index contributed by atoms with van der Waals surface area (Å²) in [6.45, 7) is -0.478. The first kappa shape index (κ1) is 24.6. The predicted octanol–water partition coefficient (Wildman–Crippen LogP) is 5.27. The molecule has 0 saturated carbocycles. The highest BCUT2D eigenvalue weighted by Gasteiger charge is 2.28. The number of benzene rings is 3. The van der Waals surface area contributed by atoms with Crippen LogP contribution in [0.5, 0.6) is 5.75 Å². The van der Waals surface area contributed by atoms with Crippen molar-refractivity contribution in [2.24, 2.45) is 0 Å². The monoisotopic (exact) mass is 508 g/mol. The highest BCUT2D eigenvalue weighted by Crippen LogP contribution is 2.33. The number of para-hydroxylation sites is 1. The standard InChI is InChI=1S/C26H24N2O5S2/c1-32-20-13-15-23(16-14-20)35(30,31)28(18-21-8-7-17-33-21)19-26(29)27-24-11-5-6-12-25(24)34-22-9-3-2-4-10-22/h2-17H,18-19H2,1H3,(H,27,29). The molecule has 180 valence electrons. The van der Waals surface area contributed by atoms with Gasteiger partial charge in [-0.15, -0.1) is 0 Å². The van der Waals surface area contributed by atoms with Crippen molar-refractivity contribution in [3.63, 3.8) is 0 Å². The van der Waals surface area contributed by atoms with Crippen LogP contribution in [0.15, 0.2) is 116 Å². The van der Waals surface area contributed by atoms with Gasteiger partial charge in [-0.05, 0) is 60.7 Å². The fourth-order valence-electron chi connectivity index (χ4n) is 3.32. The molecule has 0 radical (unpaired) electrons. The Morgan fingerprint density at radius 3 is 2.34 bits per heavy atom. The van der Waals surface area contributed by atoms with Gasteiger partial charge >= 0.3 is 0 Å². The van der Waals surface area contributed by atoms with E-state index in [-0.39, 0.29) is 18.0 Å². The van der Waals surface area contributed by atoms with Crippen LogP contribution in [0.3, 0.4) is 0 Å². The van der Waals surface area contributed by atoms with Crippen molar-refractivity contribution in [3.8, 4) is 5.75 Å². The third-order valence-electron chi connectivity index (χ3n) is 5.06. The van der Waals surface area contributed by atoms with E-state index in [0.29, 0.717) is 17.2 Å². The maximum absolute atomic E-state index is 13.4. The summed E-state index contributed by atoms with van der Waals surface area (Å²) in [5.41, 5.74) is 0.603. The smallest absolute Gasteiger partial charge is 0.243 e. The molecule has 1 amide bonds. The largest absolute Gasteiger partial charge is 0.497 e. The van der Waals surface area contributed by atoms with Gasteiger partial charge in [0.2, 0.25) is 15.9 Å². The third kappa shape index (κ3) is 6.33. The van der Waals surface area contributed by atoms with Gasteiger partial charge in [0.15, 0.2) is 0 Å². The number of rotatable bonds is 10. The maximum atomic E-state index is 13.4. The molecule has 0 aliphatic heterocycles. The van der Waals surface area contributed by atoms with Crippen molar-refractivity contribution in [3.05, 3.63) is 103 Å². The quantitative estimate of drug-likeness (QED) is 0.314. The van der Waals surface area contributed by atoms with E-state index < -0.39 is 15.9 Å². The zero-order valence-corrected chi connectivity index (χ0v) is 20.6. The molecule has 9 heteroatoms. The molecule has 4 rings (SSSR count). The van der Waals surface area contributed by atoms with Crippen LogP contribution in [-0.4, -0.2) is 32.3 Å². The lowest BCUT2D eigenvalue weighted by Gasteiger charge is -2.21. The van der Waals surface area contributed by atoms with Gasteiger partial charge in [-0.3, -0.25) is 4.79 Å².